The Morgan fingerprint density at radius 2 is 1.83 bits per heavy atom. The van der Waals surface area contributed by atoms with Gasteiger partial charge in [0.05, 0.1) is 13.2 Å². The molecule has 0 spiro atoms. The summed E-state index contributed by atoms with van der Waals surface area (Å²) >= 11 is 0. The molecule has 164 valence electrons. The molecule has 0 saturated carbocycles. The number of hydrogen-bond donors (Lipinski definition) is 1. The Kier molecular flexibility index (Phi) is 7.96. The van der Waals surface area contributed by atoms with Gasteiger partial charge in [-0.05, 0) is 78.5 Å². The van der Waals surface area contributed by atoms with Gasteiger partial charge in [-0.15, -0.1) is 0 Å². The van der Waals surface area contributed by atoms with Gasteiger partial charge in [0.2, 0.25) is 0 Å². The number of aliphatic hydroxyl groups excluding tert-OH is 1. The van der Waals surface area contributed by atoms with Crippen molar-refractivity contribution >= 4 is 0 Å². The lowest BCUT2D eigenvalue weighted by Crippen LogP contribution is -2.29. The average molecular weight is 410 g/mol. The Labute approximate surface area is 183 Å². The van der Waals surface area contributed by atoms with E-state index in [1.807, 2.05) is 12.1 Å². The predicted octanol–water partition coefficient (Wildman–Crippen LogP) is 5.59. The van der Waals surface area contributed by atoms with Gasteiger partial charge in [0.15, 0.2) is 0 Å². The van der Waals surface area contributed by atoms with E-state index in [2.05, 4.69) is 56.0 Å². The molecule has 1 atom stereocenters. The van der Waals surface area contributed by atoms with Crippen molar-refractivity contribution in [1.82, 2.24) is 4.90 Å². The van der Waals surface area contributed by atoms with Gasteiger partial charge in [0, 0.05) is 13.1 Å². The first-order chi connectivity index (χ1) is 14.3. The van der Waals surface area contributed by atoms with Crippen molar-refractivity contribution in [3.63, 3.8) is 0 Å². The molecule has 3 heteroatoms. The molecule has 2 aromatic rings. The average Bonchev–Trinajstić information content (AvgIpc) is 2.85. The van der Waals surface area contributed by atoms with Crippen LogP contribution in [0.25, 0.3) is 0 Å². The quantitative estimate of drug-likeness (QED) is 0.577. The molecule has 30 heavy (non-hydrogen) atoms. The number of unbranched alkanes of at least 4 members (excludes halogenated alkanes) is 2. The van der Waals surface area contributed by atoms with Gasteiger partial charge in [0.25, 0.3) is 0 Å². The molecule has 3 rings (SSSR count). The Hall–Kier alpha value is -1.84. The third-order valence-electron chi connectivity index (χ3n) is 6.00. The Balaban J connectivity index is 1.41. The van der Waals surface area contributed by atoms with Crippen molar-refractivity contribution in [3.05, 3.63) is 64.7 Å². The van der Waals surface area contributed by atoms with E-state index >= 15 is 0 Å². The smallest absolute Gasteiger partial charge is 0.119 e. The van der Waals surface area contributed by atoms with Crippen LogP contribution in [0.4, 0.5) is 0 Å². The molecule has 1 aliphatic heterocycles. The minimum Gasteiger partial charge on any atom is -0.497 e. The molecule has 1 unspecified atom stereocenters. The lowest BCUT2D eigenvalue weighted by Gasteiger charge is -2.22. The van der Waals surface area contributed by atoms with Crippen molar-refractivity contribution in [2.45, 2.75) is 65.4 Å². The van der Waals surface area contributed by atoms with Crippen molar-refractivity contribution in [1.29, 1.82) is 0 Å². The maximum atomic E-state index is 10.7. The zero-order valence-electron chi connectivity index (χ0n) is 19.3. The van der Waals surface area contributed by atoms with E-state index in [1.54, 1.807) is 7.11 Å². The van der Waals surface area contributed by atoms with Crippen molar-refractivity contribution in [3.8, 4) is 5.75 Å². The Morgan fingerprint density at radius 3 is 2.60 bits per heavy atom. The summed E-state index contributed by atoms with van der Waals surface area (Å²) in [6.07, 6.45) is 6.51. The summed E-state index contributed by atoms with van der Waals surface area (Å²) in [4.78, 5) is 2.42. The van der Waals surface area contributed by atoms with Crippen LogP contribution in [0.15, 0.2) is 42.5 Å². The number of fused-ring (bicyclic) bond motifs is 1. The number of aryl methyl sites for hydroxylation is 1. The predicted molar refractivity (Wildman–Crippen MR) is 125 cm³/mol. The molecule has 0 radical (unpaired) electrons. The normalized spacial score (nSPS) is 17.4. The minimum atomic E-state index is -0.404. The van der Waals surface area contributed by atoms with Crippen LogP contribution in [-0.2, 0) is 19.3 Å². The molecule has 2 aromatic carbocycles. The fraction of sp³-hybridized carbons (Fsp3) is 0.556. The number of benzene rings is 2. The number of rotatable bonds is 8. The summed E-state index contributed by atoms with van der Waals surface area (Å²) in [5.41, 5.74) is 5.54. The first-order valence-electron chi connectivity index (χ1n) is 11.5. The SMILES string of the molecule is COc1ccc2c(c1)CCN(CCCCCc1cccc(CC(C)(C)C)c1)CC2O. The number of hydrogen-bond acceptors (Lipinski definition) is 3. The summed E-state index contributed by atoms with van der Waals surface area (Å²) in [6.45, 7) is 9.70. The lowest BCUT2D eigenvalue weighted by molar-refractivity contribution is 0.119. The molecule has 3 nitrogen and oxygen atoms in total. The second-order valence-corrected chi connectivity index (χ2v) is 10.00. The first kappa shape index (κ1) is 22.8. The molecule has 0 saturated heterocycles. The highest BCUT2D eigenvalue weighted by molar-refractivity contribution is 5.38. The lowest BCUT2D eigenvalue weighted by atomic mass is 9.87. The fourth-order valence-electron chi connectivity index (χ4n) is 4.52. The molecule has 0 fully saturated rings. The number of aliphatic hydroxyl groups is 1. The van der Waals surface area contributed by atoms with E-state index in [9.17, 15) is 5.11 Å². The van der Waals surface area contributed by atoms with Crippen LogP contribution in [0.3, 0.4) is 0 Å². The standard InChI is InChI=1S/C27H39NO2/c1-27(2,3)19-22-11-8-10-21(17-22)9-6-5-7-15-28-16-14-23-18-24(30-4)12-13-25(23)26(29)20-28/h8,10-13,17-18,26,29H,5-7,9,14-16,19-20H2,1-4H3. The van der Waals surface area contributed by atoms with Gasteiger partial charge >= 0.3 is 0 Å². The largest absolute Gasteiger partial charge is 0.497 e. The second-order valence-electron chi connectivity index (χ2n) is 10.00. The topological polar surface area (TPSA) is 32.7 Å². The maximum absolute atomic E-state index is 10.7. The highest BCUT2D eigenvalue weighted by atomic mass is 16.5. The molecule has 1 N–H and O–H groups in total. The van der Waals surface area contributed by atoms with Crippen LogP contribution in [0.2, 0.25) is 0 Å². The Morgan fingerprint density at radius 1 is 1.03 bits per heavy atom. The molecule has 0 bridgehead atoms. The monoisotopic (exact) mass is 409 g/mol. The maximum Gasteiger partial charge on any atom is 0.119 e. The van der Waals surface area contributed by atoms with Gasteiger partial charge in [-0.1, -0.05) is 57.5 Å². The number of β-amino-alcohol motifs (C(OH)–C–C–N with tert-alkyl or cyclic N) is 1. The van der Waals surface area contributed by atoms with E-state index in [-0.39, 0.29) is 0 Å². The number of ether oxygens (including phenoxy) is 1. The van der Waals surface area contributed by atoms with E-state index in [0.717, 1.165) is 50.2 Å². The van der Waals surface area contributed by atoms with Crippen molar-refractivity contribution in [2.75, 3.05) is 26.7 Å². The summed E-state index contributed by atoms with van der Waals surface area (Å²) in [5.74, 6) is 0.876. The molecular formula is C27H39NO2. The molecule has 1 aliphatic rings. The molecule has 0 aliphatic carbocycles. The molecule has 0 amide bonds. The van der Waals surface area contributed by atoms with Crippen LogP contribution < -0.4 is 4.74 Å². The van der Waals surface area contributed by atoms with Crippen LogP contribution >= 0.6 is 0 Å². The summed E-state index contributed by atoms with van der Waals surface area (Å²) < 4.78 is 5.35. The van der Waals surface area contributed by atoms with Crippen LogP contribution in [0, 0.1) is 5.41 Å². The van der Waals surface area contributed by atoms with E-state index in [4.69, 9.17) is 4.74 Å². The van der Waals surface area contributed by atoms with Crippen molar-refractivity contribution in [2.24, 2.45) is 5.41 Å². The highest BCUT2D eigenvalue weighted by Crippen LogP contribution is 2.27. The summed E-state index contributed by atoms with van der Waals surface area (Å²) in [6, 6.07) is 15.2. The molecule has 0 aromatic heterocycles. The first-order valence-corrected chi connectivity index (χ1v) is 11.5. The van der Waals surface area contributed by atoms with Gasteiger partial charge in [-0.2, -0.15) is 0 Å². The van der Waals surface area contributed by atoms with Gasteiger partial charge < -0.3 is 14.7 Å². The number of nitrogens with zero attached hydrogens (tertiary/aromatic N) is 1. The zero-order chi connectivity index (χ0) is 21.6. The third kappa shape index (κ3) is 6.85. The van der Waals surface area contributed by atoms with Gasteiger partial charge in [-0.25, -0.2) is 0 Å². The van der Waals surface area contributed by atoms with Crippen LogP contribution in [0.1, 0.15) is 68.4 Å². The van der Waals surface area contributed by atoms with Gasteiger partial charge in [-0.3, -0.25) is 0 Å². The van der Waals surface area contributed by atoms with E-state index in [1.165, 1.54) is 36.0 Å². The molecular weight excluding hydrogens is 370 g/mol. The summed E-state index contributed by atoms with van der Waals surface area (Å²) in [5, 5.41) is 10.7. The van der Waals surface area contributed by atoms with E-state index < -0.39 is 6.10 Å². The zero-order valence-corrected chi connectivity index (χ0v) is 19.3. The molecule has 1 heterocycles. The van der Waals surface area contributed by atoms with Crippen LogP contribution in [0.5, 0.6) is 5.75 Å². The van der Waals surface area contributed by atoms with Crippen LogP contribution in [-0.4, -0.2) is 36.8 Å². The number of methoxy groups -OCH3 is 1. The summed E-state index contributed by atoms with van der Waals surface area (Å²) in [7, 11) is 1.70. The Bertz CT molecular complexity index is 809. The van der Waals surface area contributed by atoms with E-state index in [0.29, 0.717) is 5.41 Å². The minimum absolute atomic E-state index is 0.334. The third-order valence-corrected chi connectivity index (χ3v) is 6.00. The fourth-order valence-corrected chi connectivity index (χ4v) is 4.52. The van der Waals surface area contributed by atoms with Crippen molar-refractivity contribution < 1.29 is 9.84 Å². The highest BCUT2D eigenvalue weighted by Gasteiger charge is 2.21. The second kappa shape index (κ2) is 10.5. The van der Waals surface area contributed by atoms with Gasteiger partial charge in [0.1, 0.15) is 5.75 Å².